The van der Waals surface area contributed by atoms with Gasteiger partial charge in [-0.15, -0.1) is 0 Å². The van der Waals surface area contributed by atoms with E-state index in [0.29, 0.717) is 0 Å². The molecular formula is C10H11F2NO3. The van der Waals surface area contributed by atoms with Gasteiger partial charge in [-0.25, -0.2) is 13.8 Å². The molecule has 0 saturated carbocycles. The average molecular weight is 231 g/mol. The van der Waals surface area contributed by atoms with Crippen molar-refractivity contribution in [3.8, 4) is 5.88 Å². The third kappa shape index (κ3) is 2.88. The van der Waals surface area contributed by atoms with Crippen LogP contribution in [0.15, 0.2) is 12.3 Å². The third-order valence-electron chi connectivity index (χ3n) is 2.01. The molecule has 1 rings (SSSR count). The van der Waals surface area contributed by atoms with Crippen molar-refractivity contribution in [1.29, 1.82) is 0 Å². The van der Waals surface area contributed by atoms with Crippen molar-refractivity contribution in [2.75, 3.05) is 14.2 Å². The Labute approximate surface area is 91.2 Å². The second-order valence-corrected chi connectivity index (χ2v) is 2.98. The summed E-state index contributed by atoms with van der Waals surface area (Å²) < 4.78 is 34.4. The number of hydrogen-bond acceptors (Lipinski definition) is 4. The van der Waals surface area contributed by atoms with Gasteiger partial charge in [-0.2, -0.15) is 0 Å². The fraction of sp³-hybridized carbons (Fsp3) is 0.400. The normalized spacial score (nSPS) is 10.3. The van der Waals surface area contributed by atoms with Crippen LogP contribution in [0.3, 0.4) is 0 Å². The van der Waals surface area contributed by atoms with Crippen molar-refractivity contribution < 1.29 is 23.0 Å². The van der Waals surface area contributed by atoms with Gasteiger partial charge in [0.2, 0.25) is 5.88 Å². The number of pyridine rings is 1. The molecule has 0 spiro atoms. The number of nitrogens with zero attached hydrogens (tertiary/aromatic N) is 1. The number of hydrogen-bond donors (Lipinski definition) is 0. The Bertz CT molecular complexity index is 382. The summed E-state index contributed by atoms with van der Waals surface area (Å²) >= 11 is 0. The highest BCUT2D eigenvalue weighted by Gasteiger charge is 2.17. The molecule has 0 fully saturated rings. The number of methoxy groups -OCH3 is 2. The van der Waals surface area contributed by atoms with Crippen LogP contribution in [0.5, 0.6) is 5.88 Å². The number of alkyl halides is 2. The Hall–Kier alpha value is -1.72. The van der Waals surface area contributed by atoms with Gasteiger partial charge < -0.3 is 9.47 Å². The van der Waals surface area contributed by atoms with Gasteiger partial charge in [0.15, 0.2) is 0 Å². The molecule has 0 amide bonds. The molecule has 0 saturated heterocycles. The van der Waals surface area contributed by atoms with Crippen LogP contribution in [-0.2, 0) is 16.0 Å². The lowest BCUT2D eigenvalue weighted by Gasteiger charge is -2.08. The fourth-order valence-corrected chi connectivity index (χ4v) is 1.17. The minimum absolute atomic E-state index is 0.161. The summed E-state index contributed by atoms with van der Waals surface area (Å²) in [4.78, 5) is 14.7. The lowest BCUT2D eigenvalue weighted by atomic mass is 10.1. The predicted octanol–water partition coefficient (Wildman–Crippen LogP) is 1.74. The zero-order valence-corrected chi connectivity index (χ0v) is 8.87. The Balaban J connectivity index is 3.05. The number of carbonyl (C=O) groups is 1. The molecule has 0 aliphatic heterocycles. The second-order valence-electron chi connectivity index (χ2n) is 2.98. The lowest BCUT2D eigenvalue weighted by molar-refractivity contribution is -0.139. The number of halogens is 2. The van der Waals surface area contributed by atoms with E-state index >= 15 is 0 Å². The van der Waals surface area contributed by atoms with Crippen molar-refractivity contribution >= 4 is 5.97 Å². The van der Waals surface area contributed by atoms with Crippen molar-refractivity contribution in [1.82, 2.24) is 4.98 Å². The minimum Gasteiger partial charge on any atom is -0.481 e. The van der Waals surface area contributed by atoms with Crippen LogP contribution in [0.4, 0.5) is 8.78 Å². The molecule has 0 aliphatic rings. The van der Waals surface area contributed by atoms with Gasteiger partial charge >= 0.3 is 5.97 Å². The minimum atomic E-state index is -2.68. The molecule has 1 aromatic heterocycles. The summed E-state index contributed by atoms with van der Waals surface area (Å²) in [6.45, 7) is 0. The number of ether oxygens (including phenoxy) is 2. The Morgan fingerprint density at radius 3 is 2.69 bits per heavy atom. The van der Waals surface area contributed by atoms with Crippen LogP contribution in [0.2, 0.25) is 0 Å². The summed E-state index contributed by atoms with van der Waals surface area (Å²) in [5, 5.41) is 0. The standard InChI is InChI=1S/C10H11F2NO3/c1-15-8-3-6(4-9(14)16-2)7(5-13-8)10(11)12/h3,5,10H,4H2,1-2H3. The highest BCUT2D eigenvalue weighted by molar-refractivity contribution is 5.73. The molecule has 0 radical (unpaired) electrons. The molecule has 0 N–H and O–H groups in total. The van der Waals surface area contributed by atoms with Gasteiger partial charge in [0.25, 0.3) is 6.43 Å². The molecule has 0 atom stereocenters. The van der Waals surface area contributed by atoms with Gasteiger partial charge in [-0.1, -0.05) is 0 Å². The van der Waals surface area contributed by atoms with Gasteiger partial charge in [0, 0.05) is 17.8 Å². The van der Waals surface area contributed by atoms with E-state index in [1.807, 2.05) is 0 Å². The summed E-state index contributed by atoms with van der Waals surface area (Å²) in [5.41, 5.74) is -0.125. The maximum Gasteiger partial charge on any atom is 0.309 e. The van der Waals surface area contributed by atoms with Crippen molar-refractivity contribution in [3.63, 3.8) is 0 Å². The van der Waals surface area contributed by atoms with Gasteiger partial charge in [0.1, 0.15) is 0 Å². The topological polar surface area (TPSA) is 48.4 Å². The molecule has 16 heavy (non-hydrogen) atoms. The SMILES string of the molecule is COC(=O)Cc1cc(OC)ncc1C(F)F. The predicted molar refractivity (Wildman–Crippen MR) is 51.5 cm³/mol. The maximum atomic E-state index is 12.6. The number of aromatic nitrogens is 1. The van der Waals surface area contributed by atoms with Crippen LogP contribution in [0.1, 0.15) is 17.6 Å². The summed E-state index contributed by atoms with van der Waals surface area (Å²) in [7, 11) is 2.56. The molecule has 0 aliphatic carbocycles. The first-order chi connectivity index (χ1) is 7.58. The van der Waals surface area contributed by atoms with Gasteiger partial charge in [-0.3, -0.25) is 4.79 Å². The quantitative estimate of drug-likeness (QED) is 0.740. The first kappa shape index (κ1) is 12.4. The maximum absolute atomic E-state index is 12.6. The molecular weight excluding hydrogens is 220 g/mol. The van der Waals surface area contributed by atoms with E-state index in [2.05, 4.69) is 9.72 Å². The fourth-order valence-electron chi connectivity index (χ4n) is 1.17. The third-order valence-corrected chi connectivity index (χ3v) is 2.01. The Morgan fingerprint density at radius 1 is 1.50 bits per heavy atom. The highest BCUT2D eigenvalue weighted by Crippen LogP contribution is 2.25. The largest absolute Gasteiger partial charge is 0.481 e. The Morgan fingerprint density at radius 2 is 2.19 bits per heavy atom. The van der Waals surface area contributed by atoms with E-state index in [9.17, 15) is 13.6 Å². The van der Waals surface area contributed by atoms with Gasteiger partial charge in [-0.05, 0) is 5.56 Å². The van der Waals surface area contributed by atoms with Crippen LogP contribution in [-0.4, -0.2) is 25.2 Å². The Kier molecular flexibility index (Phi) is 4.16. The molecule has 0 aromatic carbocycles. The first-order valence-corrected chi connectivity index (χ1v) is 4.46. The van der Waals surface area contributed by atoms with E-state index < -0.39 is 12.4 Å². The zero-order valence-electron chi connectivity index (χ0n) is 8.87. The summed E-state index contributed by atoms with van der Waals surface area (Å²) in [6, 6.07) is 1.30. The van der Waals surface area contributed by atoms with E-state index in [1.165, 1.54) is 20.3 Å². The smallest absolute Gasteiger partial charge is 0.309 e. The molecule has 4 nitrogen and oxygen atoms in total. The molecule has 88 valence electrons. The molecule has 0 unspecified atom stereocenters. The lowest BCUT2D eigenvalue weighted by Crippen LogP contribution is -2.08. The summed E-state index contributed by atoms with van der Waals surface area (Å²) in [5.74, 6) is -0.404. The van der Waals surface area contributed by atoms with E-state index in [0.717, 1.165) is 6.20 Å². The van der Waals surface area contributed by atoms with Crippen molar-refractivity contribution in [2.45, 2.75) is 12.8 Å². The average Bonchev–Trinajstić information content (AvgIpc) is 2.28. The van der Waals surface area contributed by atoms with E-state index in [4.69, 9.17) is 4.74 Å². The first-order valence-electron chi connectivity index (χ1n) is 4.46. The molecule has 0 bridgehead atoms. The highest BCUT2D eigenvalue weighted by atomic mass is 19.3. The summed E-state index contributed by atoms with van der Waals surface area (Å²) in [6.07, 6.45) is -1.91. The van der Waals surface area contributed by atoms with Crippen LogP contribution in [0.25, 0.3) is 0 Å². The number of rotatable bonds is 4. The van der Waals surface area contributed by atoms with Crippen molar-refractivity contribution in [3.05, 3.63) is 23.4 Å². The van der Waals surface area contributed by atoms with Crippen LogP contribution < -0.4 is 4.74 Å². The second kappa shape index (κ2) is 5.39. The molecule has 6 heteroatoms. The van der Waals surface area contributed by atoms with E-state index in [-0.39, 0.29) is 23.4 Å². The molecule has 1 heterocycles. The van der Waals surface area contributed by atoms with Crippen LogP contribution >= 0.6 is 0 Å². The number of carbonyl (C=O) groups excluding carboxylic acids is 1. The van der Waals surface area contributed by atoms with Crippen LogP contribution in [0, 0.1) is 0 Å². The van der Waals surface area contributed by atoms with E-state index in [1.54, 1.807) is 0 Å². The van der Waals surface area contributed by atoms with Gasteiger partial charge in [0.05, 0.1) is 20.6 Å². The number of esters is 1. The monoisotopic (exact) mass is 231 g/mol. The zero-order chi connectivity index (χ0) is 12.1. The van der Waals surface area contributed by atoms with Crippen molar-refractivity contribution in [2.24, 2.45) is 0 Å². The molecule has 1 aromatic rings.